The minimum Gasteiger partial charge on any atom is -0.393 e. The van der Waals surface area contributed by atoms with E-state index in [-0.39, 0.29) is 12.1 Å². The number of aromatic nitrogens is 3. The van der Waals surface area contributed by atoms with E-state index in [9.17, 15) is 14.6 Å². The summed E-state index contributed by atoms with van der Waals surface area (Å²) >= 11 is 0. The van der Waals surface area contributed by atoms with Gasteiger partial charge in [-0.3, -0.25) is 0 Å². The molecule has 1 aromatic heterocycles. The molecule has 0 bridgehead atoms. The van der Waals surface area contributed by atoms with Crippen molar-refractivity contribution in [1.29, 1.82) is 0 Å². The van der Waals surface area contributed by atoms with Gasteiger partial charge in [-0.1, -0.05) is 12.1 Å². The summed E-state index contributed by atoms with van der Waals surface area (Å²) in [6, 6.07) is 4.47. The Morgan fingerprint density at radius 3 is 2.78 bits per heavy atom. The molecular weight excluding hydrogens is 237 g/mol. The summed E-state index contributed by atoms with van der Waals surface area (Å²) in [5.41, 5.74) is -0.922. The number of hydrogen-bond donors (Lipinski definition) is 2. The molecule has 0 fully saturated rings. The van der Waals surface area contributed by atoms with Crippen LogP contribution in [-0.2, 0) is 12.1 Å². The lowest BCUT2D eigenvalue weighted by Crippen LogP contribution is -2.36. The maximum atomic E-state index is 13.8. The van der Waals surface area contributed by atoms with Gasteiger partial charge in [-0.15, -0.1) is 0 Å². The SMILES string of the molecule is Cc1ccc([C@](O)(CO)Cn2cncn2)c(F)c1. The monoisotopic (exact) mass is 251 g/mol. The van der Waals surface area contributed by atoms with Crippen LogP contribution in [0.3, 0.4) is 0 Å². The third-order valence-corrected chi connectivity index (χ3v) is 2.78. The van der Waals surface area contributed by atoms with Gasteiger partial charge in [-0.25, -0.2) is 14.1 Å². The first kappa shape index (κ1) is 12.7. The minimum atomic E-state index is -1.72. The lowest BCUT2D eigenvalue weighted by molar-refractivity contribution is -0.0383. The second-order valence-corrected chi connectivity index (χ2v) is 4.27. The Labute approximate surface area is 104 Å². The number of halogens is 1. The fraction of sp³-hybridized carbons (Fsp3) is 0.333. The largest absolute Gasteiger partial charge is 0.393 e. The molecule has 1 aromatic carbocycles. The van der Waals surface area contributed by atoms with Gasteiger partial charge in [-0.05, 0) is 18.6 Å². The van der Waals surface area contributed by atoms with Crippen molar-refractivity contribution < 1.29 is 14.6 Å². The van der Waals surface area contributed by atoms with Crippen molar-refractivity contribution in [2.45, 2.75) is 19.1 Å². The molecule has 2 N–H and O–H groups in total. The van der Waals surface area contributed by atoms with Crippen molar-refractivity contribution in [3.63, 3.8) is 0 Å². The third kappa shape index (κ3) is 2.39. The molecule has 0 aliphatic heterocycles. The fourth-order valence-electron chi connectivity index (χ4n) is 1.80. The van der Waals surface area contributed by atoms with E-state index in [4.69, 9.17) is 0 Å². The van der Waals surface area contributed by atoms with Crippen LogP contribution in [0.1, 0.15) is 11.1 Å². The standard InChI is InChI=1S/C12H14FN3O2/c1-9-2-3-10(11(13)4-9)12(18,6-17)5-16-8-14-7-15-16/h2-4,7-8,17-18H,5-6H2,1H3/t12-/m1/s1. The lowest BCUT2D eigenvalue weighted by atomic mass is 9.93. The minimum absolute atomic E-state index is 0.0473. The van der Waals surface area contributed by atoms with Crippen molar-refractivity contribution in [2.24, 2.45) is 0 Å². The van der Waals surface area contributed by atoms with Gasteiger partial charge in [0.1, 0.15) is 24.1 Å². The van der Waals surface area contributed by atoms with Crippen LogP contribution in [0.25, 0.3) is 0 Å². The average Bonchev–Trinajstić information content (AvgIpc) is 2.81. The highest BCUT2D eigenvalue weighted by Gasteiger charge is 2.32. The van der Waals surface area contributed by atoms with Crippen LogP contribution < -0.4 is 0 Å². The molecule has 0 saturated heterocycles. The number of rotatable bonds is 4. The third-order valence-electron chi connectivity index (χ3n) is 2.78. The van der Waals surface area contributed by atoms with Gasteiger partial charge in [0, 0.05) is 5.56 Å². The topological polar surface area (TPSA) is 71.2 Å². The molecule has 0 aliphatic carbocycles. The quantitative estimate of drug-likeness (QED) is 0.835. The summed E-state index contributed by atoms with van der Waals surface area (Å²) in [6.07, 6.45) is 2.70. The second kappa shape index (κ2) is 4.83. The summed E-state index contributed by atoms with van der Waals surface area (Å²) in [5, 5.41) is 23.5. The molecular formula is C12H14FN3O2. The Balaban J connectivity index is 2.36. The molecule has 2 rings (SSSR count). The van der Waals surface area contributed by atoms with Gasteiger partial charge in [0.2, 0.25) is 0 Å². The molecule has 6 heteroatoms. The molecule has 0 amide bonds. The van der Waals surface area contributed by atoms with Crippen LogP contribution >= 0.6 is 0 Å². The maximum absolute atomic E-state index is 13.8. The maximum Gasteiger partial charge on any atom is 0.137 e. The number of hydrogen-bond acceptors (Lipinski definition) is 4. The summed E-state index contributed by atoms with van der Waals surface area (Å²) in [6.45, 7) is 1.08. The zero-order chi connectivity index (χ0) is 13.2. The van der Waals surface area contributed by atoms with Gasteiger partial charge in [-0.2, -0.15) is 5.10 Å². The van der Waals surface area contributed by atoms with E-state index in [0.29, 0.717) is 0 Å². The van der Waals surface area contributed by atoms with E-state index in [0.717, 1.165) is 5.56 Å². The predicted octanol–water partition coefficient (Wildman–Crippen LogP) is 0.606. The Hall–Kier alpha value is -1.79. The normalized spacial score (nSPS) is 14.4. The van der Waals surface area contributed by atoms with Crippen LogP contribution in [0, 0.1) is 12.7 Å². The zero-order valence-electron chi connectivity index (χ0n) is 9.91. The zero-order valence-corrected chi connectivity index (χ0v) is 9.91. The average molecular weight is 251 g/mol. The molecule has 0 spiro atoms. The van der Waals surface area contributed by atoms with Crippen molar-refractivity contribution in [3.05, 3.63) is 47.8 Å². The number of aliphatic hydroxyl groups is 2. The number of nitrogens with zero attached hydrogens (tertiary/aromatic N) is 3. The van der Waals surface area contributed by atoms with Crippen molar-refractivity contribution in [3.8, 4) is 0 Å². The van der Waals surface area contributed by atoms with Gasteiger partial charge < -0.3 is 10.2 Å². The van der Waals surface area contributed by atoms with E-state index in [1.807, 2.05) is 0 Å². The Morgan fingerprint density at radius 1 is 1.44 bits per heavy atom. The highest BCUT2D eigenvalue weighted by atomic mass is 19.1. The molecule has 0 unspecified atom stereocenters. The lowest BCUT2D eigenvalue weighted by Gasteiger charge is -2.26. The Morgan fingerprint density at radius 2 is 2.22 bits per heavy atom. The Bertz CT molecular complexity index is 530. The van der Waals surface area contributed by atoms with Crippen molar-refractivity contribution in [2.75, 3.05) is 6.61 Å². The van der Waals surface area contributed by atoms with Crippen LogP contribution in [-0.4, -0.2) is 31.6 Å². The molecule has 96 valence electrons. The summed E-state index contributed by atoms with van der Waals surface area (Å²) < 4.78 is 15.2. The first-order valence-electron chi connectivity index (χ1n) is 5.47. The highest BCUT2D eigenvalue weighted by molar-refractivity contribution is 5.28. The van der Waals surface area contributed by atoms with E-state index in [1.165, 1.54) is 29.5 Å². The van der Waals surface area contributed by atoms with Crippen LogP contribution in [0.5, 0.6) is 0 Å². The molecule has 1 atom stereocenters. The summed E-state index contributed by atoms with van der Waals surface area (Å²) in [7, 11) is 0. The predicted molar refractivity (Wildman–Crippen MR) is 62.1 cm³/mol. The van der Waals surface area contributed by atoms with Gasteiger partial charge in [0.25, 0.3) is 0 Å². The number of benzene rings is 1. The van der Waals surface area contributed by atoms with E-state index in [1.54, 1.807) is 13.0 Å². The van der Waals surface area contributed by atoms with Gasteiger partial charge in [0.05, 0.1) is 13.2 Å². The molecule has 18 heavy (non-hydrogen) atoms. The molecule has 0 saturated carbocycles. The van der Waals surface area contributed by atoms with Gasteiger partial charge >= 0.3 is 0 Å². The first-order valence-corrected chi connectivity index (χ1v) is 5.47. The van der Waals surface area contributed by atoms with Crippen LogP contribution in [0.4, 0.5) is 4.39 Å². The molecule has 5 nitrogen and oxygen atoms in total. The molecule has 0 radical (unpaired) electrons. The van der Waals surface area contributed by atoms with Crippen molar-refractivity contribution >= 4 is 0 Å². The smallest absolute Gasteiger partial charge is 0.137 e. The van der Waals surface area contributed by atoms with Crippen LogP contribution in [0.2, 0.25) is 0 Å². The number of aliphatic hydroxyl groups excluding tert-OH is 1. The van der Waals surface area contributed by atoms with Crippen LogP contribution in [0.15, 0.2) is 30.9 Å². The summed E-state index contributed by atoms with van der Waals surface area (Å²) in [4.78, 5) is 3.74. The fourth-order valence-corrected chi connectivity index (χ4v) is 1.80. The van der Waals surface area contributed by atoms with Gasteiger partial charge in [0.15, 0.2) is 0 Å². The van der Waals surface area contributed by atoms with Crippen molar-refractivity contribution in [1.82, 2.24) is 14.8 Å². The first-order chi connectivity index (χ1) is 8.55. The number of aryl methyl sites for hydroxylation is 1. The Kier molecular flexibility index (Phi) is 3.40. The molecule has 0 aliphatic rings. The van der Waals surface area contributed by atoms with E-state index < -0.39 is 18.0 Å². The summed E-state index contributed by atoms with van der Waals surface area (Å²) in [5.74, 6) is -0.549. The van der Waals surface area contributed by atoms with E-state index >= 15 is 0 Å². The molecule has 2 aromatic rings. The highest BCUT2D eigenvalue weighted by Crippen LogP contribution is 2.26. The second-order valence-electron chi connectivity index (χ2n) is 4.27. The molecule has 1 heterocycles. The van der Waals surface area contributed by atoms with E-state index in [2.05, 4.69) is 10.1 Å².